The maximum atomic E-state index is 14.1. The van der Waals surface area contributed by atoms with E-state index >= 15 is 0 Å². The molecule has 0 aromatic heterocycles. The first-order valence-electron chi connectivity index (χ1n) is 10.4. The van der Waals surface area contributed by atoms with Crippen LogP contribution in [0.1, 0.15) is 18.0 Å². The lowest BCUT2D eigenvalue weighted by Gasteiger charge is -2.42. The standard InChI is InChI=1S/C25H26F2N2O2/c1-31-24-10-6-5-9-22(24)29-14-13-23(30)19(16-29)25(28-18-7-3-2-4-8-18)17-11-12-20(26)21(27)15-17/h2-12,15,19,23,25,28,30H,13-14,16H2,1H3/t19-,23-,25-/m1/s1. The highest BCUT2D eigenvalue weighted by atomic mass is 19.2. The van der Waals surface area contributed by atoms with Crippen LogP contribution in [0.5, 0.6) is 5.75 Å². The van der Waals surface area contributed by atoms with E-state index < -0.39 is 23.8 Å². The normalized spacial score (nSPS) is 19.7. The SMILES string of the molecule is COc1ccccc1N1CC[C@@H](O)[C@H]([C@H](Nc2ccccc2)c2ccc(F)c(F)c2)C1. The van der Waals surface area contributed by atoms with Gasteiger partial charge in [-0.25, -0.2) is 8.78 Å². The van der Waals surface area contributed by atoms with E-state index in [2.05, 4.69) is 10.2 Å². The number of piperidine rings is 1. The van der Waals surface area contributed by atoms with Crippen molar-refractivity contribution in [2.45, 2.75) is 18.6 Å². The number of benzene rings is 3. The molecule has 31 heavy (non-hydrogen) atoms. The van der Waals surface area contributed by atoms with Gasteiger partial charge in [0.25, 0.3) is 0 Å². The minimum Gasteiger partial charge on any atom is -0.495 e. The summed E-state index contributed by atoms with van der Waals surface area (Å²) in [5, 5.41) is 14.4. The van der Waals surface area contributed by atoms with Gasteiger partial charge in [0.2, 0.25) is 0 Å². The minimum absolute atomic E-state index is 0.260. The number of methoxy groups -OCH3 is 1. The number of rotatable bonds is 6. The molecule has 3 aromatic rings. The molecular formula is C25H26F2N2O2. The van der Waals surface area contributed by atoms with Crippen molar-refractivity contribution >= 4 is 11.4 Å². The summed E-state index contributed by atoms with van der Waals surface area (Å²) in [6, 6.07) is 20.8. The first-order valence-corrected chi connectivity index (χ1v) is 10.4. The van der Waals surface area contributed by atoms with Gasteiger partial charge in [-0.2, -0.15) is 0 Å². The second kappa shape index (κ2) is 9.35. The third-order valence-electron chi connectivity index (χ3n) is 5.87. The summed E-state index contributed by atoms with van der Waals surface area (Å²) in [5.74, 6) is -1.28. The molecule has 0 spiro atoms. The fraction of sp³-hybridized carbons (Fsp3) is 0.280. The molecule has 0 amide bonds. The van der Waals surface area contributed by atoms with Crippen molar-refractivity contribution in [1.29, 1.82) is 0 Å². The highest BCUT2D eigenvalue weighted by Gasteiger charge is 2.36. The molecular weight excluding hydrogens is 398 g/mol. The van der Waals surface area contributed by atoms with Crippen LogP contribution in [0.25, 0.3) is 0 Å². The van der Waals surface area contributed by atoms with Gasteiger partial charge in [-0.15, -0.1) is 0 Å². The van der Waals surface area contributed by atoms with Crippen LogP contribution in [0.15, 0.2) is 72.8 Å². The van der Waals surface area contributed by atoms with E-state index in [1.54, 1.807) is 13.2 Å². The Bertz CT molecular complexity index is 1020. The highest BCUT2D eigenvalue weighted by molar-refractivity contribution is 5.59. The monoisotopic (exact) mass is 424 g/mol. The Morgan fingerprint density at radius 2 is 1.74 bits per heavy atom. The Hall–Kier alpha value is -3.12. The van der Waals surface area contributed by atoms with E-state index in [4.69, 9.17) is 4.74 Å². The number of ether oxygens (including phenoxy) is 1. The third-order valence-corrected chi connectivity index (χ3v) is 5.87. The Morgan fingerprint density at radius 1 is 1.00 bits per heavy atom. The number of halogens is 2. The Balaban J connectivity index is 1.69. The van der Waals surface area contributed by atoms with Crippen molar-refractivity contribution in [1.82, 2.24) is 0 Å². The third kappa shape index (κ3) is 4.64. The molecule has 0 aliphatic carbocycles. The smallest absolute Gasteiger partial charge is 0.159 e. The molecule has 0 unspecified atom stereocenters. The van der Waals surface area contributed by atoms with Crippen LogP contribution in [0.4, 0.5) is 20.2 Å². The molecule has 1 saturated heterocycles. The zero-order chi connectivity index (χ0) is 21.8. The molecule has 4 nitrogen and oxygen atoms in total. The van der Waals surface area contributed by atoms with Crippen molar-refractivity contribution < 1.29 is 18.6 Å². The van der Waals surface area contributed by atoms with Crippen molar-refractivity contribution in [3.05, 3.63) is 90.0 Å². The maximum Gasteiger partial charge on any atom is 0.159 e. The molecule has 0 radical (unpaired) electrons. The Labute approximate surface area is 181 Å². The van der Waals surface area contributed by atoms with Crippen LogP contribution in [-0.4, -0.2) is 31.4 Å². The molecule has 1 fully saturated rings. The molecule has 0 bridgehead atoms. The zero-order valence-electron chi connectivity index (χ0n) is 17.3. The van der Waals surface area contributed by atoms with Crippen molar-refractivity contribution in [2.75, 3.05) is 30.4 Å². The maximum absolute atomic E-state index is 14.1. The van der Waals surface area contributed by atoms with E-state index in [-0.39, 0.29) is 5.92 Å². The van der Waals surface area contributed by atoms with Gasteiger partial charge >= 0.3 is 0 Å². The first kappa shape index (κ1) is 21.1. The molecule has 162 valence electrons. The lowest BCUT2D eigenvalue weighted by molar-refractivity contribution is 0.0773. The minimum atomic E-state index is -0.899. The number of anilines is 2. The summed E-state index contributed by atoms with van der Waals surface area (Å²) in [7, 11) is 1.64. The number of para-hydroxylation sites is 3. The van der Waals surface area contributed by atoms with Crippen LogP contribution >= 0.6 is 0 Å². The fourth-order valence-corrected chi connectivity index (χ4v) is 4.26. The number of aliphatic hydroxyl groups is 1. The van der Waals surface area contributed by atoms with Gasteiger partial charge < -0.3 is 20.1 Å². The summed E-state index contributed by atoms with van der Waals surface area (Å²) in [6.07, 6.45) is -0.0420. The Morgan fingerprint density at radius 3 is 2.48 bits per heavy atom. The number of nitrogens with one attached hydrogen (secondary N) is 1. The van der Waals surface area contributed by atoms with Crippen LogP contribution < -0.4 is 15.0 Å². The summed E-state index contributed by atoms with van der Waals surface area (Å²) < 4.78 is 33.2. The predicted molar refractivity (Wildman–Crippen MR) is 118 cm³/mol. The molecule has 2 N–H and O–H groups in total. The summed E-state index contributed by atoms with van der Waals surface area (Å²) in [5.41, 5.74) is 2.39. The number of aliphatic hydroxyl groups excluding tert-OH is 1. The lowest BCUT2D eigenvalue weighted by atomic mass is 9.83. The van der Waals surface area contributed by atoms with Crippen LogP contribution in [-0.2, 0) is 0 Å². The lowest BCUT2D eigenvalue weighted by Crippen LogP contribution is -2.47. The molecule has 4 rings (SSSR count). The molecule has 1 aliphatic heterocycles. The molecule has 0 saturated carbocycles. The second-order valence-corrected chi connectivity index (χ2v) is 7.80. The van der Waals surface area contributed by atoms with E-state index in [1.807, 2.05) is 54.6 Å². The van der Waals surface area contributed by atoms with Gasteiger partial charge in [-0.05, 0) is 48.4 Å². The van der Waals surface area contributed by atoms with Gasteiger partial charge in [0.15, 0.2) is 11.6 Å². The van der Waals surface area contributed by atoms with Crippen LogP contribution in [0.3, 0.4) is 0 Å². The van der Waals surface area contributed by atoms with Gasteiger partial charge in [0.1, 0.15) is 5.75 Å². The van der Waals surface area contributed by atoms with Gasteiger partial charge in [-0.1, -0.05) is 36.4 Å². The average Bonchev–Trinajstić information content (AvgIpc) is 2.80. The fourth-order valence-electron chi connectivity index (χ4n) is 4.26. The summed E-state index contributed by atoms with van der Waals surface area (Å²) in [6.45, 7) is 1.21. The highest BCUT2D eigenvalue weighted by Crippen LogP contribution is 2.37. The number of hydrogen-bond donors (Lipinski definition) is 2. The van der Waals surface area contributed by atoms with Crippen molar-refractivity contribution in [2.24, 2.45) is 5.92 Å². The van der Waals surface area contributed by atoms with E-state index in [1.165, 1.54) is 6.07 Å². The van der Waals surface area contributed by atoms with E-state index in [9.17, 15) is 13.9 Å². The van der Waals surface area contributed by atoms with E-state index in [0.717, 1.165) is 23.2 Å². The predicted octanol–water partition coefficient (Wildman–Crippen LogP) is 5.01. The number of hydrogen-bond acceptors (Lipinski definition) is 4. The zero-order valence-corrected chi connectivity index (χ0v) is 17.3. The van der Waals surface area contributed by atoms with Crippen LogP contribution in [0, 0.1) is 17.6 Å². The van der Waals surface area contributed by atoms with Gasteiger partial charge in [-0.3, -0.25) is 0 Å². The average molecular weight is 424 g/mol. The molecule has 3 atom stereocenters. The van der Waals surface area contributed by atoms with Gasteiger partial charge in [0, 0.05) is 24.7 Å². The number of nitrogens with zero attached hydrogens (tertiary/aromatic N) is 1. The molecule has 3 aromatic carbocycles. The topological polar surface area (TPSA) is 44.7 Å². The quantitative estimate of drug-likeness (QED) is 0.584. The molecule has 1 aliphatic rings. The van der Waals surface area contributed by atoms with Crippen LogP contribution in [0.2, 0.25) is 0 Å². The summed E-state index contributed by atoms with van der Waals surface area (Å²) in [4.78, 5) is 2.18. The Kier molecular flexibility index (Phi) is 6.37. The van der Waals surface area contributed by atoms with Gasteiger partial charge in [0.05, 0.1) is 24.9 Å². The largest absolute Gasteiger partial charge is 0.495 e. The molecule has 1 heterocycles. The van der Waals surface area contributed by atoms with Crippen molar-refractivity contribution in [3.8, 4) is 5.75 Å². The molecule has 6 heteroatoms. The van der Waals surface area contributed by atoms with E-state index in [0.29, 0.717) is 25.1 Å². The summed E-state index contributed by atoms with van der Waals surface area (Å²) >= 11 is 0. The van der Waals surface area contributed by atoms with Crippen molar-refractivity contribution in [3.63, 3.8) is 0 Å². The first-order chi connectivity index (χ1) is 15.1. The second-order valence-electron chi connectivity index (χ2n) is 7.80.